The van der Waals surface area contributed by atoms with Gasteiger partial charge in [0.15, 0.2) is 0 Å². The Morgan fingerprint density at radius 3 is 1.46 bits per heavy atom. The predicted octanol–water partition coefficient (Wildman–Crippen LogP) is -7.55. The van der Waals surface area contributed by atoms with E-state index in [9.17, 15) is 0 Å². The molecule has 2 atom stereocenters. The van der Waals surface area contributed by atoms with E-state index in [0.29, 0.717) is 33.0 Å². The van der Waals surface area contributed by atoms with Gasteiger partial charge < -0.3 is 4.74 Å². The largest absolute Gasteiger partial charge is 0.486 e. The maximum Gasteiger partial charge on any atom is 0.121 e. The normalized spacial score (nSPS) is 16.7. The van der Waals surface area contributed by atoms with E-state index in [1.165, 1.54) is 5.56 Å². The van der Waals surface area contributed by atoms with Crippen LogP contribution in [0, 0.1) is 0 Å². The second kappa shape index (κ2) is 14.1. The maximum absolute atomic E-state index is 7.43. The summed E-state index contributed by atoms with van der Waals surface area (Å²) in [5.74, 6) is -0.753. The first kappa shape index (κ1) is 42.6. The van der Waals surface area contributed by atoms with Crippen LogP contribution in [0.2, 0.25) is 0 Å². The van der Waals surface area contributed by atoms with Crippen LogP contribution in [0.5, 0.6) is 5.75 Å². The zero-order valence-electron chi connectivity index (χ0n) is 34.4. The molecule has 7 aromatic rings. The number of hydrogen-bond donors (Lipinski definition) is 0. The number of ether oxygens (including phenoxy) is 1. The Morgan fingerprint density at radius 2 is 0.889 bits per heavy atom. The minimum atomic E-state index is -0.977. The molecule has 0 saturated carbocycles. The highest BCUT2D eigenvalue weighted by molar-refractivity contribution is 6.72. The molecule has 1 nitrogen and oxygen atoms in total. The van der Waals surface area contributed by atoms with Crippen LogP contribution in [-0.4, -0.2) is 139 Å². The van der Waals surface area contributed by atoms with Gasteiger partial charge in [0.25, 0.3) is 0 Å². The van der Waals surface area contributed by atoms with Gasteiger partial charge in [-0.3, -0.25) is 0 Å². The summed E-state index contributed by atoms with van der Waals surface area (Å²) in [5, 5.41) is 1.28. The average molecular weight is 755 g/mol. The van der Waals surface area contributed by atoms with Crippen LogP contribution in [-0.2, 0) is 5.41 Å². The summed E-state index contributed by atoms with van der Waals surface area (Å²) < 4.78 is 6.50. The second-order valence-electron chi connectivity index (χ2n) is 17.2. The monoisotopic (exact) mass is 758 g/mol. The highest BCUT2D eigenvalue weighted by Gasteiger charge is 2.45. The van der Waals surface area contributed by atoms with Gasteiger partial charge in [-0.25, -0.2) is 0 Å². The quantitative estimate of drug-likeness (QED) is 0.126. The van der Waals surface area contributed by atoms with Gasteiger partial charge in [-0.1, -0.05) is 110 Å². The van der Waals surface area contributed by atoms with Crippen molar-refractivity contribution in [1.82, 2.24) is 0 Å². The van der Waals surface area contributed by atoms with Gasteiger partial charge in [-0.05, 0) is 88.8 Å². The van der Waals surface area contributed by atoms with Crippen molar-refractivity contribution in [1.29, 1.82) is 0 Å². The summed E-state index contributed by atoms with van der Waals surface area (Å²) in [5.41, 5.74) is 7.39. The first-order chi connectivity index (χ1) is 29.7. The third-order valence-electron chi connectivity index (χ3n) is 13.8. The van der Waals surface area contributed by atoms with Gasteiger partial charge >= 0.3 is 0 Å². The van der Waals surface area contributed by atoms with Crippen LogP contribution in [0.15, 0.2) is 47.9 Å². The fourth-order valence-corrected chi connectivity index (χ4v) is 10.5. The molecular formula is C45H15B17O. The third-order valence-corrected chi connectivity index (χ3v) is 13.8. The van der Waals surface area contributed by atoms with Gasteiger partial charge in [0, 0.05) is 5.41 Å². The fourth-order valence-electron chi connectivity index (χ4n) is 10.5. The molecule has 0 saturated heterocycles. The molecule has 0 amide bonds. The Labute approximate surface area is 391 Å². The zero-order chi connectivity index (χ0) is 45.4. The van der Waals surface area contributed by atoms with E-state index in [1.807, 2.05) is 18.2 Å². The minimum absolute atomic E-state index is 0.00683. The minimum Gasteiger partial charge on any atom is -0.486 e. The molecule has 252 valence electrons. The lowest BCUT2D eigenvalue weighted by Crippen LogP contribution is -2.53. The molecule has 1 heterocycles. The van der Waals surface area contributed by atoms with Crippen molar-refractivity contribution in [2.45, 2.75) is 31.3 Å². The zero-order valence-corrected chi connectivity index (χ0v) is 34.4. The molecule has 7 aromatic carbocycles. The highest BCUT2D eigenvalue weighted by Crippen LogP contribution is 2.52. The van der Waals surface area contributed by atoms with Crippen LogP contribution in [0.25, 0.3) is 60.4 Å². The van der Waals surface area contributed by atoms with Crippen molar-refractivity contribution in [2.75, 3.05) is 0 Å². The van der Waals surface area contributed by atoms with Crippen LogP contribution >= 0.6 is 0 Å². The smallest absolute Gasteiger partial charge is 0.121 e. The van der Waals surface area contributed by atoms with E-state index >= 15 is 0 Å². The Balaban J connectivity index is 1.40. The summed E-state index contributed by atoms with van der Waals surface area (Å²) in [6, 6.07) is 14.4. The number of fused-ring (bicyclic) bond motifs is 10. The highest BCUT2D eigenvalue weighted by atomic mass is 16.5. The predicted molar refractivity (Wildman–Crippen MR) is 282 cm³/mol. The first-order valence-corrected chi connectivity index (χ1v) is 19.9. The van der Waals surface area contributed by atoms with Crippen molar-refractivity contribution in [2.24, 2.45) is 0 Å². The number of rotatable bonds is 2. The van der Waals surface area contributed by atoms with E-state index in [1.54, 1.807) is 0 Å². The molecule has 0 aromatic heterocycles. The Morgan fingerprint density at radius 1 is 0.413 bits per heavy atom. The van der Waals surface area contributed by atoms with Gasteiger partial charge in [-0.2, -0.15) is 0 Å². The van der Waals surface area contributed by atoms with E-state index in [2.05, 4.69) is 38.1 Å². The summed E-state index contributed by atoms with van der Waals surface area (Å²) >= 11 is 0. The van der Waals surface area contributed by atoms with Crippen LogP contribution in [0.1, 0.15) is 47.6 Å². The lowest BCUT2D eigenvalue weighted by molar-refractivity contribution is 0.264. The van der Waals surface area contributed by atoms with Crippen molar-refractivity contribution in [3.05, 3.63) is 75.8 Å². The Kier molecular flexibility index (Phi) is 9.55. The molecule has 0 fully saturated rings. The molecule has 63 heavy (non-hydrogen) atoms. The van der Waals surface area contributed by atoms with Gasteiger partial charge in [0.2, 0.25) is 0 Å². The molecule has 0 N–H and O–H groups in total. The van der Waals surface area contributed by atoms with Crippen LogP contribution in [0.3, 0.4) is 0 Å². The number of benzene rings is 7. The van der Waals surface area contributed by atoms with Crippen molar-refractivity contribution in [3.8, 4) is 39.1 Å². The van der Waals surface area contributed by atoms with Crippen molar-refractivity contribution < 1.29 is 4.74 Å². The molecule has 0 spiro atoms. The van der Waals surface area contributed by atoms with E-state index in [-0.39, 0.29) is 126 Å². The lowest BCUT2D eigenvalue weighted by atomic mass is 9.53. The fraction of sp³-hybridized carbons (Fsp3) is 0.111. The molecule has 10 rings (SSSR count). The van der Waals surface area contributed by atoms with Crippen molar-refractivity contribution >= 4 is 242 Å². The molecule has 0 bridgehead atoms. The topological polar surface area (TPSA) is 9.23 Å². The first-order valence-electron chi connectivity index (χ1n) is 19.9. The maximum atomic E-state index is 7.43. The third kappa shape index (κ3) is 5.31. The van der Waals surface area contributed by atoms with Crippen LogP contribution < -0.4 is 86.7 Å². The van der Waals surface area contributed by atoms with Gasteiger partial charge in [0.05, 0.1) is 5.92 Å². The van der Waals surface area contributed by atoms with Crippen LogP contribution in [0.4, 0.5) is 0 Å². The average Bonchev–Trinajstić information content (AvgIpc) is 3.77. The summed E-state index contributed by atoms with van der Waals surface area (Å²) in [6.45, 7) is 4.34. The summed E-state index contributed by atoms with van der Waals surface area (Å²) in [6.07, 6.45) is -0.977. The Hall–Kier alpha value is -4.30. The molecule has 2 unspecified atom stereocenters. The van der Waals surface area contributed by atoms with Crippen molar-refractivity contribution in [3.63, 3.8) is 0 Å². The molecule has 34 radical (unpaired) electrons. The second-order valence-corrected chi connectivity index (χ2v) is 17.2. The number of hydrogen-bond acceptors (Lipinski definition) is 1. The van der Waals surface area contributed by atoms with E-state index < -0.39 is 17.4 Å². The molecule has 3 aliphatic rings. The molecule has 1 aliphatic heterocycles. The summed E-state index contributed by atoms with van der Waals surface area (Å²) in [4.78, 5) is 0. The molecule has 18 heteroatoms. The van der Waals surface area contributed by atoms with E-state index in [0.717, 1.165) is 16.7 Å². The lowest BCUT2D eigenvalue weighted by Gasteiger charge is -2.36. The van der Waals surface area contributed by atoms with Gasteiger partial charge in [-0.15, -0.1) is 32.8 Å². The standard InChI is InChI=1S/C45H15B17O/c1-45(2)13-6-4-3-5-11(13)12-8-7-10(9-14(12)45)15-17-19(29(49)37(57)35(55)27(17)47)16(20-18(15)28(48)36(56)38(58)30(20)50)23-26(46)25-22-21-24(32(52)40(60)39(59)31(21)51)34(54)41(61)43(22)63-44(25)42(62)33(23)53/h3-9,22,43H,1-2H3. The Bertz CT molecular complexity index is 3310. The summed E-state index contributed by atoms with van der Waals surface area (Å²) in [7, 11) is 116. The van der Waals surface area contributed by atoms with E-state index in [4.69, 9.17) is 138 Å². The SMILES string of the molecule is [B]C1=C([B])C2Oc3c([B])c([B])c(-c4c5c([B])c([B])c([B])c([B])c5c(-c5ccc6c(c5)C(C)(C)c5ccccc5-6)c5c([B])c([B])c([B])c([B])c45)c([B])c3C2c2c([B])c([B])c([B])c([B])c21. The van der Waals surface area contributed by atoms with Gasteiger partial charge in [0.1, 0.15) is 145 Å². The molecular weight excluding hydrogens is 740 g/mol. The molecule has 2 aliphatic carbocycles.